The van der Waals surface area contributed by atoms with Crippen LogP contribution in [0.1, 0.15) is 15.9 Å². The van der Waals surface area contributed by atoms with E-state index in [0.29, 0.717) is 10.7 Å². The van der Waals surface area contributed by atoms with Crippen molar-refractivity contribution in [1.29, 1.82) is 0 Å². The van der Waals surface area contributed by atoms with Gasteiger partial charge in [-0.15, -0.1) is 10.2 Å². The van der Waals surface area contributed by atoms with Crippen molar-refractivity contribution < 1.29 is 9.90 Å². The maximum absolute atomic E-state index is 10.9. The molecule has 0 saturated carbocycles. The van der Waals surface area contributed by atoms with Gasteiger partial charge in [0.25, 0.3) is 0 Å². The molecule has 0 aliphatic carbocycles. The first kappa shape index (κ1) is 15.7. The molecule has 6 nitrogen and oxygen atoms in total. The van der Waals surface area contributed by atoms with Gasteiger partial charge in [0, 0.05) is 32.7 Å². The van der Waals surface area contributed by atoms with Gasteiger partial charge in [-0.1, -0.05) is 23.7 Å². The predicted octanol–water partition coefficient (Wildman–Crippen LogP) is 2.15. The summed E-state index contributed by atoms with van der Waals surface area (Å²) in [5.41, 5.74) is 1.44. The zero-order valence-corrected chi connectivity index (χ0v) is 13.3. The zero-order valence-electron chi connectivity index (χ0n) is 12.5. The van der Waals surface area contributed by atoms with Crippen LogP contribution in [0.5, 0.6) is 0 Å². The molecule has 120 valence electrons. The molecule has 2 heterocycles. The number of hydrogen-bond acceptors (Lipinski definition) is 5. The summed E-state index contributed by atoms with van der Waals surface area (Å²) in [7, 11) is 0. The average molecular weight is 333 g/mol. The maximum Gasteiger partial charge on any atom is 0.335 e. The summed E-state index contributed by atoms with van der Waals surface area (Å²) >= 11 is 5.76. The highest BCUT2D eigenvalue weighted by Gasteiger charge is 2.18. The molecule has 3 rings (SSSR count). The predicted molar refractivity (Wildman–Crippen MR) is 87.9 cm³/mol. The standard InChI is InChI=1S/C16H17ClN4O2/c17-14-5-6-15(19-18-14)21-9-7-20(8-10-21)11-12-1-3-13(4-2-12)16(22)23/h1-6H,7-11H2,(H,22,23). The van der Waals surface area contributed by atoms with Crippen molar-refractivity contribution in [3.05, 3.63) is 52.7 Å². The third-order valence-corrected chi connectivity index (χ3v) is 4.12. The van der Waals surface area contributed by atoms with Crippen LogP contribution in [0.3, 0.4) is 0 Å². The first-order chi connectivity index (χ1) is 11.1. The first-order valence-corrected chi connectivity index (χ1v) is 7.78. The van der Waals surface area contributed by atoms with Gasteiger partial charge >= 0.3 is 5.97 Å². The molecule has 1 N–H and O–H groups in total. The lowest BCUT2D eigenvalue weighted by molar-refractivity contribution is 0.0697. The van der Waals surface area contributed by atoms with E-state index in [-0.39, 0.29) is 0 Å². The number of hydrogen-bond donors (Lipinski definition) is 1. The summed E-state index contributed by atoms with van der Waals surface area (Å²) in [6.45, 7) is 4.42. The fraction of sp³-hybridized carbons (Fsp3) is 0.312. The number of nitrogens with zero attached hydrogens (tertiary/aromatic N) is 4. The monoisotopic (exact) mass is 332 g/mol. The number of carboxylic acids is 1. The summed E-state index contributed by atoms with van der Waals surface area (Å²) in [6.07, 6.45) is 0. The van der Waals surface area contributed by atoms with E-state index in [1.165, 1.54) is 0 Å². The third kappa shape index (κ3) is 3.97. The van der Waals surface area contributed by atoms with Gasteiger partial charge in [-0.3, -0.25) is 4.90 Å². The minimum Gasteiger partial charge on any atom is -0.478 e. The third-order valence-electron chi connectivity index (χ3n) is 3.92. The Morgan fingerprint density at radius 2 is 1.74 bits per heavy atom. The van der Waals surface area contributed by atoms with Gasteiger partial charge in [-0.25, -0.2) is 4.79 Å². The van der Waals surface area contributed by atoms with E-state index in [4.69, 9.17) is 16.7 Å². The van der Waals surface area contributed by atoms with Gasteiger partial charge in [0.1, 0.15) is 0 Å². The Morgan fingerprint density at radius 1 is 1.04 bits per heavy atom. The number of piperazine rings is 1. The van der Waals surface area contributed by atoms with Crippen molar-refractivity contribution in [3.63, 3.8) is 0 Å². The molecule has 0 radical (unpaired) electrons. The molecular weight excluding hydrogens is 316 g/mol. The van der Waals surface area contributed by atoms with E-state index >= 15 is 0 Å². The second kappa shape index (κ2) is 6.93. The smallest absolute Gasteiger partial charge is 0.335 e. The fourth-order valence-electron chi connectivity index (χ4n) is 2.62. The van der Waals surface area contributed by atoms with Crippen molar-refractivity contribution in [3.8, 4) is 0 Å². The molecule has 1 aromatic carbocycles. The Hall–Kier alpha value is -2.18. The van der Waals surface area contributed by atoms with Crippen molar-refractivity contribution in [2.45, 2.75) is 6.54 Å². The number of carboxylic acid groups (broad SMARTS) is 1. The largest absolute Gasteiger partial charge is 0.478 e. The highest BCUT2D eigenvalue weighted by atomic mass is 35.5. The number of carbonyl (C=O) groups is 1. The second-order valence-corrected chi connectivity index (χ2v) is 5.87. The number of benzene rings is 1. The number of aromatic carboxylic acids is 1. The van der Waals surface area contributed by atoms with E-state index < -0.39 is 5.97 Å². The van der Waals surface area contributed by atoms with E-state index in [0.717, 1.165) is 44.1 Å². The summed E-state index contributed by atoms with van der Waals surface area (Å²) in [4.78, 5) is 15.4. The number of rotatable bonds is 4. The Kier molecular flexibility index (Phi) is 4.73. The van der Waals surface area contributed by atoms with Gasteiger partial charge in [0.05, 0.1) is 5.56 Å². The Balaban J connectivity index is 1.54. The first-order valence-electron chi connectivity index (χ1n) is 7.40. The minimum absolute atomic E-state index is 0.319. The quantitative estimate of drug-likeness (QED) is 0.925. The van der Waals surface area contributed by atoms with Crippen LogP contribution in [0.25, 0.3) is 0 Å². The molecule has 0 spiro atoms. The molecule has 1 aromatic heterocycles. The summed E-state index contributed by atoms with van der Waals surface area (Å²) < 4.78 is 0. The highest BCUT2D eigenvalue weighted by Crippen LogP contribution is 2.16. The van der Waals surface area contributed by atoms with Crippen LogP contribution in [0.4, 0.5) is 5.82 Å². The summed E-state index contributed by atoms with van der Waals surface area (Å²) in [5, 5.41) is 17.3. The Labute approximate surface area is 139 Å². The van der Waals surface area contributed by atoms with Gasteiger partial charge in [0.15, 0.2) is 11.0 Å². The topological polar surface area (TPSA) is 69.6 Å². The number of anilines is 1. The average Bonchev–Trinajstić information content (AvgIpc) is 2.57. The van der Waals surface area contributed by atoms with E-state index in [9.17, 15) is 4.79 Å². The molecule has 1 fully saturated rings. The maximum atomic E-state index is 10.9. The van der Waals surface area contributed by atoms with Crippen molar-refractivity contribution >= 4 is 23.4 Å². The van der Waals surface area contributed by atoms with Gasteiger partial charge in [-0.2, -0.15) is 0 Å². The van der Waals surface area contributed by atoms with Crippen LogP contribution in [-0.4, -0.2) is 52.4 Å². The van der Waals surface area contributed by atoms with Crippen molar-refractivity contribution in [1.82, 2.24) is 15.1 Å². The van der Waals surface area contributed by atoms with Crippen LogP contribution in [-0.2, 0) is 6.54 Å². The van der Waals surface area contributed by atoms with Gasteiger partial charge in [0.2, 0.25) is 0 Å². The van der Waals surface area contributed by atoms with Crippen LogP contribution < -0.4 is 4.90 Å². The minimum atomic E-state index is -0.894. The van der Waals surface area contributed by atoms with E-state index in [2.05, 4.69) is 20.0 Å². The molecule has 0 atom stereocenters. The second-order valence-electron chi connectivity index (χ2n) is 5.48. The zero-order chi connectivity index (χ0) is 16.2. The SMILES string of the molecule is O=C(O)c1ccc(CN2CCN(c3ccc(Cl)nn3)CC2)cc1. The van der Waals surface area contributed by atoms with Crippen LogP contribution in [0.15, 0.2) is 36.4 Å². The Morgan fingerprint density at radius 3 is 2.30 bits per heavy atom. The summed E-state index contributed by atoms with van der Waals surface area (Å²) in [5.74, 6) is -0.0471. The molecule has 23 heavy (non-hydrogen) atoms. The lowest BCUT2D eigenvalue weighted by Gasteiger charge is -2.35. The molecule has 7 heteroatoms. The molecule has 0 unspecified atom stereocenters. The van der Waals surface area contributed by atoms with Crippen molar-refractivity contribution in [2.24, 2.45) is 0 Å². The summed E-state index contributed by atoms with van der Waals surface area (Å²) in [6, 6.07) is 10.7. The number of aromatic nitrogens is 2. The molecule has 1 saturated heterocycles. The fourth-order valence-corrected chi connectivity index (χ4v) is 2.72. The van der Waals surface area contributed by atoms with Crippen LogP contribution >= 0.6 is 11.6 Å². The lowest BCUT2D eigenvalue weighted by Crippen LogP contribution is -2.46. The van der Waals surface area contributed by atoms with E-state index in [1.807, 2.05) is 18.2 Å². The van der Waals surface area contributed by atoms with Crippen molar-refractivity contribution in [2.75, 3.05) is 31.1 Å². The van der Waals surface area contributed by atoms with Crippen LogP contribution in [0, 0.1) is 0 Å². The molecule has 1 aliphatic heterocycles. The molecule has 0 amide bonds. The molecular formula is C16H17ClN4O2. The van der Waals surface area contributed by atoms with E-state index in [1.54, 1.807) is 18.2 Å². The molecule has 1 aliphatic rings. The highest BCUT2D eigenvalue weighted by molar-refractivity contribution is 6.29. The van der Waals surface area contributed by atoms with Gasteiger partial charge < -0.3 is 10.0 Å². The van der Waals surface area contributed by atoms with Crippen LogP contribution in [0.2, 0.25) is 5.15 Å². The Bertz CT molecular complexity index is 667. The lowest BCUT2D eigenvalue weighted by atomic mass is 10.1. The normalized spacial score (nSPS) is 15.6. The molecule has 2 aromatic rings. The number of halogens is 1. The van der Waals surface area contributed by atoms with Gasteiger partial charge in [-0.05, 0) is 29.8 Å². The molecule has 0 bridgehead atoms.